The zero-order chi connectivity index (χ0) is 25.5. The molecule has 3 heterocycles. The monoisotopic (exact) mass is 474 g/mol. The fraction of sp³-hybridized carbons (Fsp3) is 0.333. The van der Waals surface area contributed by atoms with Gasteiger partial charge < -0.3 is 14.0 Å². The average Bonchev–Trinajstić information content (AvgIpc) is 3.28. The number of carbonyl (C=O) groups excluding carboxylic acids is 2. The SMILES string of the molecule is COC(=O)C=Cc1cc2cc(Cn3c(C)nc4c(C)cc(C)nc43)ccc2n1C(=O)OC(C)(C)C. The number of imidazole rings is 1. The molecular weight excluding hydrogens is 444 g/mol. The van der Waals surface area contributed by atoms with Crippen molar-refractivity contribution in [1.29, 1.82) is 0 Å². The molecular formula is C27H30N4O4. The standard InChI is InChI=1S/C27H30N4O4/c1-16-12-17(2)28-25-24(16)29-18(3)30(25)15-19-8-10-22-20(13-19)14-21(9-11-23(32)34-7)31(22)26(33)35-27(4,5)6/h8-14H,15H2,1-7H3. The van der Waals surface area contributed by atoms with E-state index in [4.69, 9.17) is 19.4 Å². The Morgan fingerprint density at radius 1 is 1.06 bits per heavy atom. The predicted molar refractivity (Wildman–Crippen MR) is 135 cm³/mol. The van der Waals surface area contributed by atoms with Crippen LogP contribution in [0.25, 0.3) is 28.1 Å². The molecule has 0 fully saturated rings. The van der Waals surface area contributed by atoms with Gasteiger partial charge in [0.15, 0.2) is 5.65 Å². The van der Waals surface area contributed by atoms with Crippen molar-refractivity contribution in [2.75, 3.05) is 7.11 Å². The van der Waals surface area contributed by atoms with Crippen molar-refractivity contribution >= 4 is 40.2 Å². The zero-order valence-corrected chi connectivity index (χ0v) is 21.2. The number of pyridine rings is 1. The highest BCUT2D eigenvalue weighted by Gasteiger charge is 2.22. The van der Waals surface area contributed by atoms with Gasteiger partial charge in [-0.1, -0.05) is 6.07 Å². The number of esters is 1. The summed E-state index contributed by atoms with van der Waals surface area (Å²) in [6.07, 6.45) is 2.32. The number of aryl methyl sites for hydroxylation is 3. The third-order valence-electron chi connectivity index (χ3n) is 5.62. The first-order valence-corrected chi connectivity index (χ1v) is 11.4. The van der Waals surface area contributed by atoms with Gasteiger partial charge in [0.2, 0.25) is 0 Å². The third-order valence-corrected chi connectivity index (χ3v) is 5.62. The molecule has 8 heteroatoms. The maximum Gasteiger partial charge on any atom is 0.419 e. The number of methoxy groups -OCH3 is 1. The summed E-state index contributed by atoms with van der Waals surface area (Å²) in [7, 11) is 1.31. The number of nitrogens with zero attached hydrogens (tertiary/aromatic N) is 4. The van der Waals surface area contributed by atoms with E-state index in [9.17, 15) is 9.59 Å². The Kier molecular flexibility index (Phi) is 6.23. The second-order valence-corrected chi connectivity index (χ2v) is 9.63. The van der Waals surface area contributed by atoms with Crippen molar-refractivity contribution in [2.24, 2.45) is 0 Å². The van der Waals surface area contributed by atoms with E-state index in [0.29, 0.717) is 17.8 Å². The topological polar surface area (TPSA) is 88.2 Å². The van der Waals surface area contributed by atoms with Gasteiger partial charge in [0.05, 0.1) is 24.9 Å². The molecule has 0 unspecified atom stereocenters. The molecule has 0 saturated heterocycles. The number of hydrogen-bond acceptors (Lipinski definition) is 6. The Hall–Kier alpha value is -3.94. The molecule has 4 rings (SSSR count). The van der Waals surface area contributed by atoms with Crippen molar-refractivity contribution in [3.05, 3.63) is 64.7 Å². The van der Waals surface area contributed by atoms with Gasteiger partial charge in [-0.3, -0.25) is 0 Å². The van der Waals surface area contributed by atoms with Crippen molar-refractivity contribution < 1.29 is 19.1 Å². The van der Waals surface area contributed by atoms with Crippen LogP contribution in [0.15, 0.2) is 36.4 Å². The number of ether oxygens (including phenoxy) is 2. The Labute approximate surface area is 204 Å². The van der Waals surface area contributed by atoms with Crippen molar-refractivity contribution in [3.63, 3.8) is 0 Å². The minimum absolute atomic E-state index is 0.507. The number of carbonyl (C=O) groups is 2. The minimum Gasteiger partial charge on any atom is -0.466 e. The van der Waals surface area contributed by atoms with E-state index in [1.54, 1.807) is 6.08 Å². The van der Waals surface area contributed by atoms with Gasteiger partial charge in [-0.15, -0.1) is 0 Å². The largest absolute Gasteiger partial charge is 0.466 e. The number of rotatable bonds is 4. The maximum absolute atomic E-state index is 13.0. The molecule has 0 atom stereocenters. The normalized spacial score (nSPS) is 12.1. The van der Waals surface area contributed by atoms with Crippen molar-refractivity contribution in [3.8, 4) is 0 Å². The lowest BCUT2D eigenvalue weighted by atomic mass is 10.1. The number of fused-ring (bicyclic) bond motifs is 2. The summed E-state index contributed by atoms with van der Waals surface area (Å²) >= 11 is 0. The van der Waals surface area contributed by atoms with Crippen LogP contribution in [0.4, 0.5) is 4.79 Å². The van der Waals surface area contributed by atoms with Crippen LogP contribution in [-0.2, 0) is 20.8 Å². The molecule has 3 aromatic heterocycles. The van der Waals surface area contributed by atoms with Crippen LogP contribution < -0.4 is 0 Å². The predicted octanol–water partition coefficient (Wildman–Crippen LogP) is 5.33. The molecule has 0 amide bonds. The first-order valence-electron chi connectivity index (χ1n) is 11.4. The molecule has 1 aromatic carbocycles. The molecule has 8 nitrogen and oxygen atoms in total. The highest BCUT2D eigenvalue weighted by Crippen LogP contribution is 2.26. The van der Waals surface area contributed by atoms with E-state index in [0.717, 1.165) is 39.2 Å². The summed E-state index contributed by atoms with van der Waals surface area (Å²) in [5, 5.41) is 0.847. The summed E-state index contributed by atoms with van der Waals surface area (Å²) in [5.41, 5.74) is 5.38. The molecule has 0 aliphatic rings. The summed E-state index contributed by atoms with van der Waals surface area (Å²) in [6.45, 7) is 12.0. The van der Waals surface area contributed by atoms with Crippen LogP contribution in [0, 0.1) is 20.8 Å². The number of hydrogen-bond donors (Lipinski definition) is 0. The number of aromatic nitrogens is 4. The highest BCUT2D eigenvalue weighted by atomic mass is 16.6. The summed E-state index contributed by atoms with van der Waals surface area (Å²) in [5.74, 6) is 0.376. The smallest absolute Gasteiger partial charge is 0.419 e. The summed E-state index contributed by atoms with van der Waals surface area (Å²) in [6, 6.07) is 9.79. The fourth-order valence-electron chi connectivity index (χ4n) is 4.12. The fourth-order valence-corrected chi connectivity index (χ4v) is 4.12. The van der Waals surface area contributed by atoms with Crippen LogP contribution in [0.1, 0.15) is 49.1 Å². The van der Waals surface area contributed by atoms with Gasteiger partial charge in [-0.05, 0) is 83.0 Å². The van der Waals surface area contributed by atoms with Gasteiger partial charge in [0.25, 0.3) is 0 Å². The molecule has 182 valence electrons. The summed E-state index contributed by atoms with van der Waals surface area (Å²) in [4.78, 5) is 34.2. The Morgan fingerprint density at radius 2 is 1.80 bits per heavy atom. The maximum atomic E-state index is 13.0. The average molecular weight is 475 g/mol. The first-order chi connectivity index (χ1) is 16.5. The zero-order valence-electron chi connectivity index (χ0n) is 21.2. The van der Waals surface area contributed by atoms with E-state index >= 15 is 0 Å². The molecule has 0 aliphatic carbocycles. The number of benzene rings is 1. The van der Waals surface area contributed by atoms with Crippen LogP contribution >= 0.6 is 0 Å². The van der Waals surface area contributed by atoms with Crippen LogP contribution in [-0.4, -0.2) is 43.9 Å². The molecule has 0 N–H and O–H groups in total. The van der Waals surface area contributed by atoms with E-state index in [2.05, 4.69) is 4.57 Å². The van der Waals surface area contributed by atoms with Gasteiger partial charge in [-0.2, -0.15) is 0 Å². The second-order valence-electron chi connectivity index (χ2n) is 9.63. The van der Waals surface area contributed by atoms with Crippen LogP contribution in [0.2, 0.25) is 0 Å². The Balaban J connectivity index is 1.79. The highest BCUT2D eigenvalue weighted by molar-refractivity contribution is 5.95. The molecule has 0 saturated carbocycles. The second kappa shape index (κ2) is 9.02. The minimum atomic E-state index is -0.666. The molecule has 0 spiro atoms. The van der Waals surface area contributed by atoms with Gasteiger partial charge in [0, 0.05) is 17.2 Å². The lowest BCUT2D eigenvalue weighted by Gasteiger charge is -2.20. The molecule has 0 aliphatic heterocycles. The quantitative estimate of drug-likeness (QED) is 0.293. The molecule has 35 heavy (non-hydrogen) atoms. The lowest BCUT2D eigenvalue weighted by Crippen LogP contribution is -2.27. The summed E-state index contributed by atoms with van der Waals surface area (Å²) < 4.78 is 13.9. The first kappa shape index (κ1) is 24.2. The van der Waals surface area contributed by atoms with E-state index in [-0.39, 0.29) is 0 Å². The van der Waals surface area contributed by atoms with Gasteiger partial charge in [0.1, 0.15) is 16.9 Å². The third kappa shape index (κ3) is 4.96. The Morgan fingerprint density at radius 3 is 2.49 bits per heavy atom. The molecule has 4 aromatic rings. The Bertz CT molecular complexity index is 1480. The van der Waals surface area contributed by atoms with Crippen LogP contribution in [0.3, 0.4) is 0 Å². The van der Waals surface area contributed by atoms with Gasteiger partial charge in [-0.25, -0.2) is 24.1 Å². The molecule has 0 bridgehead atoms. The van der Waals surface area contributed by atoms with Gasteiger partial charge >= 0.3 is 12.1 Å². The van der Waals surface area contributed by atoms with Crippen molar-refractivity contribution in [2.45, 2.75) is 53.7 Å². The van der Waals surface area contributed by atoms with E-state index < -0.39 is 17.7 Å². The van der Waals surface area contributed by atoms with Crippen molar-refractivity contribution in [1.82, 2.24) is 19.1 Å². The van der Waals surface area contributed by atoms with E-state index in [1.807, 2.05) is 71.9 Å². The lowest BCUT2D eigenvalue weighted by molar-refractivity contribution is -0.134. The molecule has 0 radical (unpaired) electrons. The van der Waals surface area contributed by atoms with Crippen LogP contribution in [0.5, 0.6) is 0 Å². The van der Waals surface area contributed by atoms with E-state index in [1.165, 1.54) is 17.8 Å².